The zero-order valence-electron chi connectivity index (χ0n) is 12.4. The lowest BCUT2D eigenvalue weighted by Crippen LogP contribution is -2.39. The van der Waals surface area contributed by atoms with E-state index in [0.717, 1.165) is 24.8 Å². The van der Waals surface area contributed by atoms with E-state index in [-0.39, 0.29) is 0 Å². The number of guanidine groups is 1. The van der Waals surface area contributed by atoms with Gasteiger partial charge in [-0.3, -0.25) is 0 Å². The van der Waals surface area contributed by atoms with Crippen LogP contribution in [0.1, 0.15) is 26.3 Å². The van der Waals surface area contributed by atoms with Crippen molar-refractivity contribution in [3.8, 4) is 5.75 Å². The van der Waals surface area contributed by atoms with Crippen molar-refractivity contribution in [1.82, 2.24) is 10.6 Å². The zero-order valence-corrected chi connectivity index (χ0v) is 12.4. The summed E-state index contributed by atoms with van der Waals surface area (Å²) in [5, 5.41) is 6.57. The topological polar surface area (TPSA) is 45.7 Å². The van der Waals surface area contributed by atoms with E-state index in [1.165, 1.54) is 5.56 Å². The van der Waals surface area contributed by atoms with Gasteiger partial charge >= 0.3 is 0 Å². The van der Waals surface area contributed by atoms with Gasteiger partial charge in [0.2, 0.25) is 0 Å². The van der Waals surface area contributed by atoms with Crippen LogP contribution in [0, 0.1) is 5.92 Å². The van der Waals surface area contributed by atoms with Crippen LogP contribution in [0.4, 0.5) is 0 Å². The fraction of sp³-hybridized carbons (Fsp3) is 0.533. The van der Waals surface area contributed by atoms with Gasteiger partial charge in [0.25, 0.3) is 0 Å². The molecule has 19 heavy (non-hydrogen) atoms. The number of methoxy groups -OCH3 is 1. The maximum atomic E-state index is 5.14. The predicted molar refractivity (Wildman–Crippen MR) is 80.7 cm³/mol. The lowest BCUT2D eigenvalue weighted by atomic mass is 10.2. The maximum Gasteiger partial charge on any atom is 0.191 e. The third-order valence-electron chi connectivity index (χ3n) is 2.60. The van der Waals surface area contributed by atoms with Gasteiger partial charge in [0.1, 0.15) is 5.75 Å². The Morgan fingerprint density at radius 3 is 2.42 bits per heavy atom. The second-order valence-corrected chi connectivity index (χ2v) is 4.82. The third kappa shape index (κ3) is 6.13. The minimum atomic E-state index is 0.602. The average molecular weight is 263 g/mol. The molecule has 0 amide bonds. The molecule has 2 N–H and O–H groups in total. The number of nitrogens with one attached hydrogen (secondary N) is 2. The number of aliphatic imine (C=N–C) groups is 1. The fourth-order valence-corrected chi connectivity index (χ4v) is 1.54. The molecule has 0 heterocycles. The molecule has 0 bridgehead atoms. The van der Waals surface area contributed by atoms with Crippen LogP contribution in [0.5, 0.6) is 5.75 Å². The molecule has 1 aromatic rings. The second-order valence-electron chi connectivity index (χ2n) is 4.82. The number of hydrogen-bond acceptors (Lipinski definition) is 2. The van der Waals surface area contributed by atoms with E-state index in [4.69, 9.17) is 4.74 Å². The summed E-state index contributed by atoms with van der Waals surface area (Å²) in [6, 6.07) is 7.99. The van der Waals surface area contributed by atoms with E-state index in [1.807, 2.05) is 24.3 Å². The first kappa shape index (κ1) is 15.3. The van der Waals surface area contributed by atoms with Gasteiger partial charge in [0, 0.05) is 13.1 Å². The molecule has 0 aliphatic carbocycles. The Hall–Kier alpha value is -1.71. The van der Waals surface area contributed by atoms with Crippen molar-refractivity contribution >= 4 is 5.96 Å². The van der Waals surface area contributed by atoms with Gasteiger partial charge in [0.15, 0.2) is 5.96 Å². The van der Waals surface area contributed by atoms with Crippen LogP contribution in [0.2, 0.25) is 0 Å². The van der Waals surface area contributed by atoms with Crippen LogP contribution in [-0.4, -0.2) is 26.2 Å². The van der Waals surface area contributed by atoms with Crippen molar-refractivity contribution in [3.63, 3.8) is 0 Å². The van der Waals surface area contributed by atoms with Crippen LogP contribution >= 0.6 is 0 Å². The molecule has 0 saturated carbocycles. The highest BCUT2D eigenvalue weighted by Gasteiger charge is 1.99. The third-order valence-corrected chi connectivity index (χ3v) is 2.60. The Bertz CT molecular complexity index is 385. The molecule has 1 rings (SSSR count). The van der Waals surface area contributed by atoms with Crippen LogP contribution < -0.4 is 15.4 Å². The number of nitrogens with zero attached hydrogens (tertiary/aromatic N) is 1. The molecule has 0 atom stereocenters. The highest BCUT2D eigenvalue weighted by Crippen LogP contribution is 2.11. The summed E-state index contributed by atoms with van der Waals surface area (Å²) in [4.78, 5) is 4.56. The summed E-state index contributed by atoms with van der Waals surface area (Å²) < 4.78 is 5.14. The summed E-state index contributed by atoms with van der Waals surface area (Å²) in [6.07, 6.45) is 0. The Morgan fingerprint density at radius 1 is 1.21 bits per heavy atom. The minimum absolute atomic E-state index is 0.602. The van der Waals surface area contributed by atoms with E-state index in [2.05, 4.69) is 36.4 Å². The molecule has 0 aromatic heterocycles. The molecule has 0 unspecified atom stereocenters. The molecule has 0 saturated heterocycles. The smallest absolute Gasteiger partial charge is 0.191 e. The monoisotopic (exact) mass is 263 g/mol. The largest absolute Gasteiger partial charge is 0.497 e. The average Bonchev–Trinajstić information content (AvgIpc) is 2.42. The zero-order chi connectivity index (χ0) is 14.1. The van der Waals surface area contributed by atoms with Gasteiger partial charge in [-0.15, -0.1) is 0 Å². The van der Waals surface area contributed by atoms with E-state index < -0.39 is 0 Å². The Labute approximate surface area is 116 Å². The Balaban J connectivity index is 2.57. The Morgan fingerprint density at radius 2 is 1.89 bits per heavy atom. The number of benzene rings is 1. The van der Waals surface area contributed by atoms with Gasteiger partial charge in [-0.1, -0.05) is 26.0 Å². The van der Waals surface area contributed by atoms with Gasteiger partial charge in [0.05, 0.1) is 13.7 Å². The van der Waals surface area contributed by atoms with Crippen molar-refractivity contribution in [1.29, 1.82) is 0 Å². The SMILES string of the molecule is CCNC(=NCc1ccc(OC)cc1)NCC(C)C. The predicted octanol–water partition coefficient (Wildman–Crippen LogP) is 2.41. The van der Waals surface area contributed by atoms with E-state index in [9.17, 15) is 0 Å². The Kier molecular flexibility index (Phi) is 6.79. The second kappa shape index (κ2) is 8.40. The summed E-state index contributed by atoms with van der Waals surface area (Å²) in [5.41, 5.74) is 1.17. The molecule has 0 fully saturated rings. The van der Waals surface area contributed by atoms with E-state index in [0.29, 0.717) is 12.5 Å². The lowest BCUT2D eigenvalue weighted by Gasteiger charge is -2.13. The number of hydrogen-bond donors (Lipinski definition) is 2. The molecule has 106 valence electrons. The van der Waals surface area contributed by atoms with Crippen molar-refractivity contribution in [2.75, 3.05) is 20.2 Å². The molecular weight excluding hydrogens is 238 g/mol. The standard InChI is InChI=1S/C15H25N3O/c1-5-16-15(17-10-12(2)3)18-11-13-6-8-14(19-4)9-7-13/h6-9,12H,5,10-11H2,1-4H3,(H2,16,17,18). The molecule has 1 aromatic carbocycles. The number of rotatable bonds is 6. The van der Waals surface area contributed by atoms with Crippen LogP contribution in [-0.2, 0) is 6.54 Å². The highest BCUT2D eigenvalue weighted by atomic mass is 16.5. The van der Waals surface area contributed by atoms with Gasteiger partial charge < -0.3 is 15.4 Å². The minimum Gasteiger partial charge on any atom is -0.497 e. The van der Waals surface area contributed by atoms with Crippen LogP contribution in [0.3, 0.4) is 0 Å². The summed E-state index contributed by atoms with van der Waals surface area (Å²) in [7, 11) is 1.67. The van der Waals surface area contributed by atoms with Gasteiger partial charge in [-0.2, -0.15) is 0 Å². The summed E-state index contributed by atoms with van der Waals surface area (Å²) in [5.74, 6) is 2.34. The molecule has 4 heteroatoms. The lowest BCUT2D eigenvalue weighted by molar-refractivity contribution is 0.414. The van der Waals surface area contributed by atoms with Crippen molar-refractivity contribution in [3.05, 3.63) is 29.8 Å². The molecule has 4 nitrogen and oxygen atoms in total. The molecule has 0 spiro atoms. The molecule has 0 radical (unpaired) electrons. The molecule has 0 aliphatic heterocycles. The van der Waals surface area contributed by atoms with Crippen molar-refractivity contribution in [2.45, 2.75) is 27.3 Å². The number of ether oxygens (including phenoxy) is 1. The summed E-state index contributed by atoms with van der Waals surface area (Å²) in [6.45, 7) is 8.89. The first-order chi connectivity index (χ1) is 9.15. The first-order valence-corrected chi connectivity index (χ1v) is 6.80. The van der Waals surface area contributed by atoms with Crippen molar-refractivity contribution < 1.29 is 4.74 Å². The summed E-state index contributed by atoms with van der Waals surface area (Å²) >= 11 is 0. The quantitative estimate of drug-likeness (QED) is 0.612. The van der Waals surface area contributed by atoms with Crippen LogP contribution in [0.25, 0.3) is 0 Å². The fourth-order valence-electron chi connectivity index (χ4n) is 1.54. The van der Waals surface area contributed by atoms with Crippen LogP contribution in [0.15, 0.2) is 29.3 Å². The van der Waals surface area contributed by atoms with Gasteiger partial charge in [-0.25, -0.2) is 4.99 Å². The van der Waals surface area contributed by atoms with Gasteiger partial charge in [-0.05, 0) is 30.5 Å². The highest BCUT2D eigenvalue weighted by molar-refractivity contribution is 5.79. The van der Waals surface area contributed by atoms with E-state index >= 15 is 0 Å². The first-order valence-electron chi connectivity index (χ1n) is 6.80. The molecule has 0 aliphatic rings. The normalized spacial score (nSPS) is 11.5. The van der Waals surface area contributed by atoms with E-state index in [1.54, 1.807) is 7.11 Å². The van der Waals surface area contributed by atoms with Crippen molar-refractivity contribution in [2.24, 2.45) is 10.9 Å². The molecular formula is C15H25N3O. The maximum absolute atomic E-state index is 5.14.